The number of carboxylic acid groups (broad SMARTS) is 1. The average molecular weight is 292 g/mol. The first kappa shape index (κ1) is 14.3. The SMILES string of the molecule is Cc1nc(C)c(C(C)Nc2ncc(N)cc2C(=O)O)s1. The standard InChI is InChI=1S/C13H16N4O2S/c1-6-11(20-8(3)16-6)7(2)17-12-10(13(18)19)4-9(14)5-15-12/h4-5,7H,14H2,1-3H3,(H,15,17)(H,18,19). The largest absolute Gasteiger partial charge is 0.478 e. The monoisotopic (exact) mass is 292 g/mol. The highest BCUT2D eigenvalue weighted by atomic mass is 32.1. The lowest BCUT2D eigenvalue weighted by atomic mass is 10.2. The molecule has 0 saturated heterocycles. The van der Waals surface area contributed by atoms with Crippen molar-refractivity contribution in [2.75, 3.05) is 11.1 Å². The highest BCUT2D eigenvalue weighted by Gasteiger charge is 2.17. The lowest BCUT2D eigenvalue weighted by Gasteiger charge is -2.15. The number of hydrogen-bond acceptors (Lipinski definition) is 6. The molecule has 0 radical (unpaired) electrons. The molecule has 2 aromatic heterocycles. The average Bonchev–Trinajstić information content (AvgIpc) is 2.70. The third-order valence-corrected chi connectivity index (χ3v) is 4.08. The molecule has 2 rings (SSSR count). The summed E-state index contributed by atoms with van der Waals surface area (Å²) in [6.45, 7) is 5.83. The predicted molar refractivity (Wildman–Crippen MR) is 79.2 cm³/mol. The van der Waals surface area contributed by atoms with Gasteiger partial charge in [-0.05, 0) is 26.8 Å². The Morgan fingerprint density at radius 3 is 2.75 bits per heavy atom. The number of aromatic carboxylic acids is 1. The summed E-state index contributed by atoms with van der Waals surface area (Å²) in [7, 11) is 0. The Kier molecular flexibility index (Phi) is 3.89. The van der Waals surface area contributed by atoms with Gasteiger partial charge in [-0.3, -0.25) is 0 Å². The van der Waals surface area contributed by atoms with Crippen LogP contribution < -0.4 is 11.1 Å². The number of carbonyl (C=O) groups is 1. The number of thiazole rings is 1. The predicted octanol–water partition coefficient (Wildman–Crippen LogP) is 2.61. The van der Waals surface area contributed by atoms with Gasteiger partial charge in [0.1, 0.15) is 11.4 Å². The third kappa shape index (κ3) is 2.88. The van der Waals surface area contributed by atoms with E-state index in [4.69, 9.17) is 5.73 Å². The molecule has 0 spiro atoms. The van der Waals surface area contributed by atoms with Crippen LogP contribution in [0.25, 0.3) is 0 Å². The molecule has 4 N–H and O–H groups in total. The van der Waals surface area contributed by atoms with E-state index in [1.807, 2.05) is 20.8 Å². The van der Waals surface area contributed by atoms with E-state index >= 15 is 0 Å². The molecule has 0 aliphatic carbocycles. The highest BCUT2D eigenvalue weighted by molar-refractivity contribution is 7.11. The van der Waals surface area contributed by atoms with Gasteiger partial charge in [-0.25, -0.2) is 14.8 Å². The van der Waals surface area contributed by atoms with Crippen LogP contribution >= 0.6 is 11.3 Å². The summed E-state index contributed by atoms with van der Waals surface area (Å²) >= 11 is 1.59. The highest BCUT2D eigenvalue weighted by Crippen LogP contribution is 2.28. The Bertz CT molecular complexity index is 654. The number of nitrogens with two attached hydrogens (primary N) is 1. The molecule has 0 fully saturated rings. The van der Waals surface area contributed by atoms with Crippen molar-refractivity contribution in [3.05, 3.63) is 33.4 Å². The molecular formula is C13H16N4O2S. The van der Waals surface area contributed by atoms with E-state index in [0.717, 1.165) is 15.6 Å². The number of aryl methyl sites for hydroxylation is 2. The third-order valence-electron chi connectivity index (χ3n) is 2.83. The molecule has 0 bridgehead atoms. The topological polar surface area (TPSA) is 101 Å². The maximum absolute atomic E-state index is 11.2. The van der Waals surface area contributed by atoms with Crippen LogP contribution in [0.1, 0.15) is 38.9 Å². The van der Waals surface area contributed by atoms with Gasteiger partial charge in [0.25, 0.3) is 0 Å². The smallest absolute Gasteiger partial charge is 0.339 e. The zero-order chi connectivity index (χ0) is 14.9. The minimum atomic E-state index is -1.06. The van der Waals surface area contributed by atoms with Gasteiger partial charge in [0.2, 0.25) is 0 Å². The molecule has 1 atom stereocenters. The van der Waals surface area contributed by atoms with E-state index < -0.39 is 5.97 Å². The van der Waals surface area contributed by atoms with Crippen LogP contribution in [0.4, 0.5) is 11.5 Å². The van der Waals surface area contributed by atoms with E-state index in [9.17, 15) is 9.90 Å². The summed E-state index contributed by atoms with van der Waals surface area (Å²) in [6, 6.07) is 1.32. The van der Waals surface area contributed by atoms with Gasteiger partial charge in [-0.1, -0.05) is 0 Å². The van der Waals surface area contributed by atoms with E-state index in [0.29, 0.717) is 11.5 Å². The molecule has 106 valence electrons. The second-order valence-electron chi connectivity index (χ2n) is 4.52. The Balaban J connectivity index is 2.30. The minimum Gasteiger partial charge on any atom is -0.478 e. The molecule has 20 heavy (non-hydrogen) atoms. The van der Waals surface area contributed by atoms with E-state index in [1.54, 1.807) is 11.3 Å². The number of nitrogen functional groups attached to an aromatic ring is 1. The van der Waals surface area contributed by atoms with Gasteiger partial charge in [-0.15, -0.1) is 11.3 Å². The van der Waals surface area contributed by atoms with Crippen LogP contribution in [0.15, 0.2) is 12.3 Å². The van der Waals surface area contributed by atoms with Crippen LogP contribution in [0.3, 0.4) is 0 Å². The Morgan fingerprint density at radius 1 is 1.50 bits per heavy atom. The quantitative estimate of drug-likeness (QED) is 0.800. The molecule has 6 nitrogen and oxygen atoms in total. The Morgan fingerprint density at radius 2 is 2.20 bits per heavy atom. The van der Waals surface area contributed by atoms with Gasteiger partial charge < -0.3 is 16.2 Å². The van der Waals surface area contributed by atoms with Crippen molar-refractivity contribution in [3.8, 4) is 0 Å². The number of nitrogens with one attached hydrogen (secondary N) is 1. The maximum atomic E-state index is 11.2. The zero-order valence-electron chi connectivity index (χ0n) is 11.5. The van der Waals surface area contributed by atoms with Crippen LogP contribution in [0.2, 0.25) is 0 Å². The summed E-state index contributed by atoms with van der Waals surface area (Å²) in [4.78, 5) is 20.7. The summed E-state index contributed by atoms with van der Waals surface area (Å²) in [5.41, 5.74) is 6.91. The molecular weight excluding hydrogens is 276 g/mol. The first-order valence-corrected chi connectivity index (χ1v) is 6.89. The van der Waals surface area contributed by atoms with E-state index in [1.165, 1.54) is 12.3 Å². The molecule has 0 saturated carbocycles. The van der Waals surface area contributed by atoms with E-state index in [-0.39, 0.29) is 11.6 Å². The molecule has 2 aromatic rings. The second-order valence-corrected chi connectivity index (χ2v) is 5.75. The maximum Gasteiger partial charge on any atom is 0.339 e. The molecule has 0 amide bonds. The summed E-state index contributed by atoms with van der Waals surface area (Å²) in [6.07, 6.45) is 1.44. The second kappa shape index (κ2) is 5.46. The number of pyridine rings is 1. The summed E-state index contributed by atoms with van der Waals surface area (Å²) in [5.74, 6) is -0.749. The molecule has 7 heteroatoms. The van der Waals surface area contributed by atoms with Crippen molar-refractivity contribution in [1.82, 2.24) is 9.97 Å². The van der Waals surface area contributed by atoms with Crippen LogP contribution in [0, 0.1) is 13.8 Å². The molecule has 0 aromatic carbocycles. The first-order valence-electron chi connectivity index (χ1n) is 6.07. The molecule has 1 unspecified atom stereocenters. The Labute approximate surface area is 120 Å². The van der Waals surface area contributed by atoms with Gasteiger partial charge in [0.15, 0.2) is 0 Å². The lowest BCUT2D eigenvalue weighted by Crippen LogP contribution is -2.12. The number of anilines is 2. The molecule has 0 aliphatic heterocycles. The van der Waals surface area contributed by atoms with Gasteiger partial charge in [0, 0.05) is 4.88 Å². The number of carboxylic acids is 1. The lowest BCUT2D eigenvalue weighted by molar-refractivity contribution is 0.0697. The fourth-order valence-corrected chi connectivity index (χ4v) is 2.91. The molecule has 0 aliphatic rings. The van der Waals surface area contributed by atoms with Crippen molar-refractivity contribution < 1.29 is 9.90 Å². The number of aromatic nitrogens is 2. The van der Waals surface area contributed by atoms with Crippen molar-refractivity contribution >= 4 is 28.8 Å². The van der Waals surface area contributed by atoms with Crippen molar-refractivity contribution in [2.24, 2.45) is 0 Å². The normalized spacial score (nSPS) is 12.2. The van der Waals surface area contributed by atoms with Crippen LogP contribution in [-0.2, 0) is 0 Å². The number of hydrogen-bond donors (Lipinski definition) is 3. The minimum absolute atomic E-state index is 0.0655. The summed E-state index contributed by atoms with van der Waals surface area (Å²) in [5, 5.41) is 13.3. The fourth-order valence-electron chi connectivity index (χ4n) is 1.98. The number of rotatable bonds is 4. The van der Waals surface area contributed by atoms with Gasteiger partial charge in [-0.2, -0.15) is 0 Å². The number of nitrogens with zero attached hydrogens (tertiary/aromatic N) is 2. The van der Waals surface area contributed by atoms with Crippen LogP contribution in [0.5, 0.6) is 0 Å². The Hall–Kier alpha value is -2.15. The molecule has 2 heterocycles. The van der Waals surface area contributed by atoms with Gasteiger partial charge >= 0.3 is 5.97 Å². The van der Waals surface area contributed by atoms with Crippen LogP contribution in [-0.4, -0.2) is 21.0 Å². The van der Waals surface area contributed by atoms with Crippen molar-refractivity contribution in [3.63, 3.8) is 0 Å². The van der Waals surface area contributed by atoms with Crippen molar-refractivity contribution in [1.29, 1.82) is 0 Å². The first-order chi connectivity index (χ1) is 9.38. The van der Waals surface area contributed by atoms with Crippen molar-refractivity contribution in [2.45, 2.75) is 26.8 Å². The zero-order valence-corrected chi connectivity index (χ0v) is 12.3. The summed E-state index contributed by atoms with van der Waals surface area (Å²) < 4.78 is 0. The van der Waals surface area contributed by atoms with Gasteiger partial charge in [0.05, 0.1) is 28.6 Å². The fraction of sp³-hybridized carbons (Fsp3) is 0.308. The van der Waals surface area contributed by atoms with E-state index in [2.05, 4.69) is 15.3 Å².